The lowest BCUT2D eigenvalue weighted by molar-refractivity contribution is 0.444. The lowest BCUT2D eigenvalue weighted by atomic mass is 10.0. The Kier molecular flexibility index (Phi) is 4.91. The summed E-state index contributed by atoms with van der Waals surface area (Å²) in [6.07, 6.45) is 4.36. The Balaban J connectivity index is 1.95. The molecule has 1 aliphatic rings. The van der Waals surface area contributed by atoms with Gasteiger partial charge in [0.15, 0.2) is 5.82 Å². The van der Waals surface area contributed by atoms with Crippen LogP contribution in [-0.2, 0) is 0 Å². The van der Waals surface area contributed by atoms with E-state index in [0.29, 0.717) is 12.5 Å². The molecule has 0 saturated carbocycles. The molecule has 1 atom stereocenters. The summed E-state index contributed by atoms with van der Waals surface area (Å²) >= 11 is 0. The van der Waals surface area contributed by atoms with Gasteiger partial charge in [-0.3, -0.25) is 0 Å². The van der Waals surface area contributed by atoms with E-state index in [1.54, 1.807) is 0 Å². The van der Waals surface area contributed by atoms with Crippen LogP contribution in [0.3, 0.4) is 0 Å². The second kappa shape index (κ2) is 7.27. The molecule has 0 bridgehead atoms. The molecule has 1 unspecified atom stereocenters. The number of benzene rings is 1. The molecular weight excluding hydrogens is 284 g/mol. The van der Waals surface area contributed by atoms with Crippen LogP contribution in [0.1, 0.15) is 19.8 Å². The first kappa shape index (κ1) is 15.5. The van der Waals surface area contributed by atoms with Crippen molar-refractivity contribution in [2.45, 2.75) is 19.8 Å². The number of hydrogen-bond donors (Lipinski definition) is 1. The van der Waals surface area contributed by atoms with Gasteiger partial charge in [-0.25, -0.2) is 9.97 Å². The minimum atomic E-state index is 0.696. The highest BCUT2D eigenvalue weighted by molar-refractivity contribution is 5.61. The predicted octanol–water partition coefficient (Wildman–Crippen LogP) is 3.98. The Bertz CT molecular complexity index is 654. The van der Waals surface area contributed by atoms with E-state index in [-0.39, 0.29) is 0 Å². The number of nitrogens with one attached hydrogen (secondary N) is 1. The van der Waals surface area contributed by atoms with Crippen LogP contribution >= 0.6 is 0 Å². The standard InChI is InChI=1S/C19H24N4/c1-3-11-20-17-13-18(23-12-7-8-15(2)14-23)22-19(21-17)16-9-5-4-6-10-16/h3-6,9-10,13,15H,1,7-8,11-12,14H2,2H3,(H,20,21,22). The van der Waals surface area contributed by atoms with Crippen molar-refractivity contribution in [3.63, 3.8) is 0 Å². The van der Waals surface area contributed by atoms with Crippen molar-refractivity contribution in [2.24, 2.45) is 5.92 Å². The van der Waals surface area contributed by atoms with Crippen LogP contribution in [0.5, 0.6) is 0 Å². The molecule has 1 N–H and O–H groups in total. The maximum absolute atomic E-state index is 4.82. The maximum atomic E-state index is 4.82. The number of aromatic nitrogens is 2. The van der Waals surface area contributed by atoms with E-state index in [9.17, 15) is 0 Å². The largest absolute Gasteiger partial charge is 0.366 e. The van der Waals surface area contributed by atoms with Gasteiger partial charge < -0.3 is 10.2 Å². The number of piperidine rings is 1. The Morgan fingerprint density at radius 1 is 1.30 bits per heavy atom. The lowest BCUT2D eigenvalue weighted by Gasteiger charge is -2.32. The van der Waals surface area contributed by atoms with E-state index >= 15 is 0 Å². The van der Waals surface area contributed by atoms with Crippen molar-refractivity contribution in [2.75, 3.05) is 29.9 Å². The molecule has 0 spiro atoms. The van der Waals surface area contributed by atoms with Crippen LogP contribution in [0.2, 0.25) is 0 Å². The monoisotopic (exact) mass is 308 g/mol. The van der Waals surface area contributed by atoms with E-state index < -0.39 is 0 Å². The van der Waals surface area contributed by atoms with Gasteiger partial charge in [-0.1, -0.05) is 43.3 Å². The molecule has 23 heavy (non-hydrogen) atoms. The molecule has 1 aromatic carbocycles. The van der Waals surface area contributed by atoms with Crippen LogP contribution < -0.4 is 10.2 Å². The summed E-state index contributed by atoms with van der Waals surface area (Å²) in [6, 6.07) is 12.2. The third-order valence-electron chi connectivity index (χ3n) is 4.15. The molecule has 120 valence electrons. The van der Waals surface area contributed by atoms with Gasteiger partial charge in [0.05, 0.1) is 0 Å². The van der Waals surface area contributed by atoms with Crippen molar-refractivity contribution in [3.05, 3.63) is 49.1 Å². The van der Waals surface area contributed by atoms with Crippen molar-refractivity contribution in [1.82, 2.24) is 9.97 Å². The van der Waals surface area contributed by atoms with Crippen molar-refractivity contribution < 1.29 is 0 Å². The van der Waals surface area contributed by atoms with Gasteiger partial charge in [0.25, 0.3) is 0 Å². The molecule has 0 aliphatic carbocycles. The molecular formula is C19H24N4. The van der Waals surface area contributed by atoms with Crippen molar-refractivity contribution >= 4 is 11.6 Å². The quantitative estimate of drug-likeness (QED) is 0.848. The third kappa shape index (κ3) is 3.89. The van der Waals surface area contributed by atoms with Gasteiger partial charge in [-0.05, 0) is 18.8 Å². The highest BCUT2D eigenvalue weighted by Crippen LogP contribution is 2.26. The number of anilines is 2. The highest BCUT2D eigenvalue weighted by Gasteiger charge is 2.19. The molecule has 1 saturated heterocycles. The van der Waals surface area contributed by atoms with Crippen LogP contribution in [0.4, 0.5) is 11.6 Å². The molecule has 4 heteroatoms. The van der Waals surface area contributed by atoms with Crippen LogP contribution in [0.15, 0.2) is 49.1 Å². The SMILES string of the molecule is C=CCNc1cc(N2CCCC(C)C2)nc(-c2ccccc2)n1. The van der Waals surface area contributed by atoms with Gasteiger partial charge in [0, 0.05) is 31.3 Å². The third-order valence-corrected chi connectivity index (χ3v) is 4.15. The molecule has 1 aromatic heterocycles. The molecule has 2 aromatic rings. The zero-order chi connectivity index (χ0) is 16.1. The summed E-state index contributed by atoms with van der Waals surface area (Å²) in [5.41, 5.74) is 1.04. The molecule has 0 amide bonds. The van der Waals surface area contributed by atoms with Crippen molar-refractivity contribution in [1.29, 1.82) is 0 Å². The molecule has 1 aliphatic heterocycles. The second-order valence-corrected chi connectivity index (χ2v) is 6.16. The fourth-order valence-corrected chi connectivity index (χ4v) is 2.98. The van der Waals surface area contributed by atoms with Crippen LogP contribution in [0, 0.1) is 5.92 Å². The van der Waals surface area contributed by atoms with Gasteiger partial charge >= 0.3 is 0 Å². The van der Waals surface area contributed by atoms with Gasteiger partial charge in [-0.2, -0.15) is 0 Å². The highest BCUT2D eigenvalue weighted by atomic mass is 15.2. The summed E-state index contributed by atoms with van der Waals surface area (Å²) in [7, 11) is 0. The first-order chi connectivity index (χ1) is 11.3. The van der Waals surface area contributed by atoms with Gasteiger partial charge in [0.2, 0.25) is 0 Å². The molecule has 2 heterocycles. The number of rotatable bonds is 5. The van der Waals surface area contributed by atoms with Crippen molar-refractivity contribution in [3.8, 4) is 11.4 Å². The first-order valence-electron chi connectivity index (χ1n) is 8.30. The second-order valence-electron chi connectivity index (χ2n) is 6.16. The Morgan fingerprint density at radius 3 is 2.87 bits per heavy atom. The van der Waals surface area contributed by atoms with E-state index in [4.69, 9.17) is 4.98 Å². The lowest BCUT2D eigenvalue weighted by Crippen LogP contribution is -2.35. The summed E-state index contributed by atoms with van der Waals surface area (Å²) in [5, 5.41) is 3.30. The summed E-state index contributed by atoms with van der Waals surface area (Å²) in [5.74, 6) is 3.35. The summed E-state index contributed by atoms with van der Waals surface area (Å²) < 4.78 is 0. The smallest absolute Gasteiger partial charge is 0.163 e. The van der Waals surface area contributed by atoms with E-state index in [1.807, 2.05) is 30.3 Å². The van der Waals surface area contributed by atoms with Crippen LogP contribution in [-0.4, -0.2) is 29.6 Å². The van der Waals surface area contributed by atoms with Gasteiger partial charge in [-0.15, -0.1) is 6.58 Å². The molecule has 4 nitrogen and oxygen atoms in total. The Hall–Kier alpha value is -2.36. The maximum Gasteiger partial charge on any atom is 0.163 e. The topological polar surface area (TPSA) is 41.0 Å². The fourth-order valence-electron chi connectivity index (χ4n) is 2.98. The average Bonchev–Trinajstić information content (AvgIpc) is 2.60. The minimum Gasteiger partial charge on any atom is -0.366 e. The van der Waals surface area contributed by atoms with Gasteiger partial charge in [0.1, 0.15) is 11.6 Å². The molecule has 3 rings (SSSR count). The molecule has 1 fully saturated rings. The fraction of sp³-hybridized carbons (Fsp3) is 0.368. The number of hydrogen-bond acceptors (Lipinski definition) is 4. The zero-order valence-corrected chi connectivity index (χ0v) is 13.7. The molecule has 0 radical (unpaired) electrons. The summed E-state index contributed by atoms with van der Waals surface area (Å²) in [4.78, 5) is 11.9. The average molecular weight is 308 g/mol. The Morgan fingerprint density at radius 2 is 2.13 bits per heavy atom. The predicted molar refractivity (Wildman–Crippen MR) is 96.8 cm³/mol. The first-order valence-corrected chi connectivity index (χ1v) is 8.30. The van der Waals surface area contributed by atoms with E-state index in [2.05, 4.69) is 40.8 Å². The van der Waals surface area contributed by atoms with Crippen LogP contribution in [0.25, 0.3) is 11.4 Å². The zero-order valence-electron chi connectivity index (χ0n) is 13.7. The normalized spacial score (nSPS) is 17.8. The summed E-state index contributed by atoms with van der Waals surface area (Å²) in [6.45, 7) is 8.89. The minimum absolute atomic E-state index is 0.696. The van der Waals surface area contributed by atoms with E-state index in [1.165, 1.54) is 12.8 Å². The van der Waals surface area contributed by atoms with E-state index in [0.717, 1.165) is 36.1 Å². The Labute approximate surface area is 138 Å². The number of nitrogens with zero attached hydrogens (tertiary/aromatic N) is 3.